The normalized spacial score (nSPS) is 16.4. The van der Waals surface area contributed by atoms with Crippen LogP contribution in [0.1, 0.15) is 57.9 Å². The van der Waals surface area contributed by atoms with Crippen LogP contribution in [0, 0.1) is 19.8 Å². The second-order valence-electron chi connectivity index (χ2n) is 8.77. The van der Waals surface area contributed by atoms with Gasteiger partial charge in [0.15, 0.2) is 5.96 Å². The van der Waals surface area contributed by atoms with Crippen molar-refractivity contribution < 1.29 is 4.42 Å². The number of oxazole rings is 1. The van der Waals surface area contributed by atoms with Crippen LogP contribution in [0.5, 0.6) is 0 Å². The summed E-state index contributed by atoms with van der Waals surface area (Å²) in [4.78, 5) is 13.8. The van der Waals surface area contributed by atoms with Crippen molar-refractivity contribution in [1.82, 2.24) is 25.4 Å². The van der Waals surface area contributed by atoms with E-state index in [2.05, 4.69) is 58.1 Å². The molecule has 0 saturated carbocycles. The Balaban J connectivity index is 0.00000450. The Morgan fingerprint density at radius 3 is 2.30 bits per heavy atom. The molecule has 174 valence electrons. The van der Waals surface area contributed by atoms with Gasteiger partial charge in [0.05, 0.1) is 12.2 Å². The van der Waals surface area contributed by atoms with Crippen LogP contribution in [0.15, 0.2) is 9.41 Å². The summed E-state index contributed by atoms with van der Waals surface area (Å²) < 4.78 is 5.73. The molecule has 1 saturated heterocycles. The zero-order chi connectivity index (χ0) is 21.4. The number of aryl methyl sites for hydroxylation is 2. The van der Waals surface area contributed by atoms with Crippen LogP contribution < -0.4 is 10.6 Å². The van der Waals surface area contributed by atoms with E-state index in [1.54, 1.807) is 0 Å². The summed E-state index contributed by atoms with van der Waals surface area (Å²) in [6.45, 7) is 18.9. The van der Waals surface area contributed by atoms with Crippen LogP contribution in [0.25, 0.3) is 0 Å². The molecule has 0 spiro atoms. The minimum absolute atomic E-state index is 0. The van der Waals surface area contributed by atoms with Gasteiger partial charge in [0.1, 0.15) is 5.76 Å². The van der Waals surface area contributed by atoms with E-state index in [9.17, 15) is 0 Å². The molecule has 0 bridgehead atoms. The quantitative estimate of drug-likeness (QED) is 0.288. The Bertz CT molecular complexity index is 610. The molecule has 8 heteroatoms. The van der Waals surface area contributed by atoms with Gasteiger partial charge in [-0.25, -0.2) is 4.98 Å². The number of likely N-dealkylation sites (tertiary alicyclic amines) is 1. The SMILES string of the molecule is CN=C(NCCN(C(C)C)C(C)C)NCC1CCN(Cc2nc(C)c(C)o2)CC1.I. The number of guanidine groups is 1. The van der Waals surface area contributed by atoms with E-state index in [1.807, 2.05) is 20.9 Å². The molecule has 0 radical (unpaired) electrons. The first-order valence-electron chi connectivity index (χ1n) is 11.2. The monoisotopic (exact) mass is 534 g/mol. The molecule has 0 aromatic carbocycles. The molecule has 30 heavy (non-hydrogen) atoms. The lowest BCUT2D eigenvalue weighted by Crippen LogP contribution is -2.46. The van der Waals surface area contributed by atoms with Gasteiger partial charge in [-0.1, -0.05) is 0 Å². The van der Waals surface area contributed by atoms with Crippen molar-refractivity contribution >= 4 is 29.9 Å². The third kappa shape index (κ3) is 8.70. The predicted molar refractivity (Wildman–Crippen MR) is 136 cm³/mol. The van der Waals surface area contributed by atoms with E-state index < -0.39 is 0 Å². The summed E-state index contributed by atoms with van der Waals surface area (Å²) in [5.74, 6) is 3.37. The van der Waals surface area contributed by atoms with Crippen LogP contribution in [0.4, 0.5) is 0 Å². The number of nitrogens with one attached hydrogen (secondary N) is 2. The van der Waals surface area contributed by atoms with E-state index in [4.69, 9.17) is 4.42 Å². The number of aromatic nitrogens is 1. The van der Waals surface area contributed by atoms with Gasteiger partial charge < -0.3 is 15.1 Å². The van der Waals surface area contributed by atoms with Crippen molar-refractivity contribution in [1.29, 1.82) is 0 Å². The van der Waals surface area contributed by atoms with E-state index in [1.165, 1.54) is 12.8 Å². The fourth-order valence-corrected chi connectivity index (χ4v) is 4.02. The first-order valence-corrected chi connectivity index (χ1v) is 11.2. The Hall–Kier alpha value is -0.870. The highest BCUT2D eigenvalue weighted by atomic mass is 127. The number of aliphatic imine (C=N–C) groups is 1. The minimum Gasteiger partial charge on any atom is -0.444 e. The molecule has 2 N–H and O–H groups in total. The fourth-order valence-electron chi connectivity index (χ4n) is 4.02. The van der Waals surface area contributed by atoms with Gasteiger partial charge >= 0.3 is 0 Å². The number of piperidine rings is 1. The second kappa shape index (κ2) is 13.5. The number of nitrogens with zero attached hydrogens (tertiary/aromatic N) is 4. The summed E-state index contributed by atoms with van der Waals surface area (Å²) in [7, 11) is 1.85. The first-order chi connectivity index (χ1) is 13.8. The number of rotatable bonds is 9. The lowest BCUT2D eigenvalue weighted by Gasteiger charge is -2.32. The molecule has 0 amide bonds. The average Bonchev–Trinajstić information content (AvgIpc) is 2.98. The molecular formula is C22H43IN6O. The molecule has 0 aliphatic carbocycles. The molecule has 7 nitrogen and oxygen atoms in total. The van der Waals surface area contributed by atoms with Crippen LogP contribution in [0.3, 0.4) is 0 Å². The van der Waals surface area contributed by atoms with Gasteiger partial charge in [-0.2, -0.15) is 0 Å². The zero-order valence-electron chi connectivity index (χ0n) is 20.0. The lowest BCUT2D eigenvalue weighted by atomic mass is 9.97. The molecule has 1 aromatic heterocycles. The van der Waals surface area contributed by atoms with E-state index in [0.717, 1.165) is 62.6 Å². The minimum atomic E-state index is 0. The van der Waals surface area contributed by atoms with Gasteiger partial charge in [-0.15, -0.1) is 24.0 Å². The highest BCUT2D eigenvalue weighted by Gasteiger charge is 2.21. The summed E-state index contributed by atoms with van der Waals surface area (Å²) in [5, 5.41) is 6.98. The second-order valence-corrected chi connectivity index (χ2v) is 8.77. The molecule has 0 unspecified atom stereocenters. The van der Waals surface area contributed by atoms with Crippen molar-refractivity contribution in [3.63, 3.8) is 0 Å². The third-order valence-corrected chi connectivity index (χ3v) is 5.91. The Kier molecular flexibility index (Phi) is 12.2. The smallest absolute Gasteiger partial charge is 0.208 e. The van der Waals surface area contributed by atoms with Crippen molar-refractivity contribution in [2.24, 2.45) is 10.9 Å². The fraction of sp³-hybridized carbons (Fsp3) is 0.818. The Morgan fingerprint density at radius 1 is 1.17 bits per heavy atom. The predicted octanol–water partition coefficient (Wildman–Crippen LogP) is 3.41. The lowest BCUT2D eigenvalue weighted by molar-refractivity contribution is 0.164. The standard InChI is InChI=1S/C22H42N6O.HI/c1-16(2)28(17(3)4)13-10-24-22(23-7)25-14-20-8-11-27(12-9-20)15-21-26-18(5)19(6)29-21;/h16-17,20H,8-15H2,1-7H3,(H2,23,24,25);1H. The van der Waals surface area contributed by atoms with Crippen molar-refractivity contribution in [3.8, 4) is 0 Å². The van der Waals surface area contributed by atoms with Crippen LogP contribution >= 0.6 is 24.0 Å². The largest absolute Gasteiger partial charge is 0.444 e. The molecule has 1 fully saturated rings. The summed E-state index contributed by atoms with van der Waals surface area (Å²) >= 11 is 0. The van der Waals surface area contributed by atoms with Gasteiger partial charge in [0, 0.05) is 38.8 Å². The van der Waals surface area contributed by atoms with E-state index in [0.29, 0.717) is 18.0 Å². The number of hydrogen-bond acceptors (Lipinski definition) is 5. The van der Waals surface area contributed by atoms with Gasteiger partial charge in [0.2, 0.25) is 5.89 Å². The Labute approximate surface area is 200 Å². The van der Waals surface area contributed by atoms with E-state index >= 15 is 0 Å². The molecule has 0 atom stereocenters. The third-order valence-electron chi connectivity index (χ3n) is 5.91. The van der Waals surface area contributed by atoms with E-state index in [-0.39, 0.29) is 24.0 Å². The molecule has 1 aliphatic heterocycles. The maximum absolute atomic E-state index is 5.73. The van der Waals surface area contributed by atoms with Crippen LogP contribution in [-0.4, -0.2) is 72.6 Å². The van der Waals surface area contributed by atoms with Gasteiger partial charge in [0.25, 0.3) is 0 Å². The van der Waals surface area contributed by atoms with Crippen molar-refractivity contribution in [3.05, 3.63) is 17.3 Å². The highest BCUT2D eigenvalue weighted by Crippen LogP contribution is 2.19. The van der Waals surface area contributed by atoms with Crippen molar-refractivity contribution in [2.45, 2.75) is 73.0 Å². The average molecular weight is 535 g/mol. The first kappa shape index (κ1) is 27.2. The summed E-state index contributed by atoms with van der Waals surface area (Å²) in [6.07, 6.45) is 2.38. The van der Waals surface area contributed by atoms with Gasteiger partial charge in [-0.3, -0.25) is 14.8 Å². The Morgan fingerprint density at radius 2 is 1.80 bits per heavy atom. The van der Waals surface area contributed by atoms with Crippen molar-refractivity contribution in [2.75, 3.05) is 39.8 Å². The number of halogens is 1. The maximum atomic E-state index is 5.73. The summed E-state index contributed by atoms with van der Waals surface area (Å²) in [5.41, 5.74) is 1.00. The maximum Gasteiger partial charge on any atom is 0.208 e. The zero-order valence-corrected chi connectivity index (χ0v) is 22.3. The number of hydrogen-bond donors (Lipinski definition) is 2. The topological polar surface area (TPSA) is 68.9 Å². The molecule has 2 heterocycles. The van der Waals surface area contributed by atoms with Gasteiger partial charge in [-0.05, 0) is 73.4 Å². The molecule has 1 aliphatic rings. The molecular weight excluding hydrogens is 491 g/mol. The highest BCUT2D eigenvalue weighted by molar-refractivity contribution is 14.0. The molecule has 1 aromatic rings. The molecule has 2 rings (SSSR count). The van der Waals surface area contributed by atoms with Crippen LogP contribution in [0.2, 0.25) is 0 Å². The summed E-state index contributed by atoms with van der Waals surface area (Å²) in [6, 6.07) is 1.11. The van der Waals surface area contributed by atoms with Crippen LogP contribution in [-0.2, 0) is 6.54 Å².